The lowest BCUT2D eigenvalue weighted by Crippen LogP contribution is -2.69. The fraction of sp³-hybridized carbons (Fsp3) is 0.524. The molecule has 2 atom stereocenters. The number of aromatic nitrogens is 3. The number of likely N-dealkylation sites (tertiary alicyclic amines) is 1. The third kappa shape index (κ3) is 3.59. The highest BCUT2D eigenvalue weighted by atomic mass is 16.5. The second-order valence-corrected chi connectivity index (χ2v) is 8.34. The lowest BCUT2D eigenvalue weighted by atomic mass is 9.73. The van der Waals surface area contributed by atoms with Gasteiger partial charge in [0.15, 0.2) is 5.82 Å². The standard InChI is InChI=1S/C21H27N5O4/c1-14(27)24-20(2)9-12-30-21(19(20)29)7-10-26(11-8-21)18(28)16-6-4-3-5-15(16)17-22-13-23-25-17/h3-6,13,19,29H,7-12H2,1-2H3,(H,24,27)(H,22,23,25)/t19-,20+/m0/s1. The molecule has 1 spiro atoms. The number of amides is 2. The number of benzene rings is 1. The van der Waals surface area contributed by atoms with E-state index in [1.807, 2.05) is 25.1 Å². The largest absolute Gasteiger partial charge is 0.388 e. The van der Waals surface area contributed by atoms with Gasteiger partial charge in [0.1, 0.15) is 12.4 Å². The molecule has 9 nitrogen and oxygen atoms in total. The van der Waals surface area contributed by atoms with Gasteiger partial charge >= 0.3 is 0 Å². The maximum absolute atomic E-state index is 13.2. The van der Waals surface area contributed by atoms with Gasteiger partial charge in [-0.15, -0.1) is 0 Å². The average molecular weight is 413 g/mol. The van der Waals surface area contributed by atoms with E-state index in [4.69, 9.17) is 4.74 Å². The van der Waals surface area contributed by atoms with E-state index in [0.717, 1.165) is 0 Å². The van der Waals surface area contributed by atoms with Gasteiger partial charge in [-0.2, -0.15) is 5.10 Å². The summed E-state index contributed by atoms with van der Waals surface area (Å²) >= 11 is 0. The highest BCUT2D eigenvalue weighted by Gasteiger charge is 2.54. The van der Waals surface area contributed by atoms with Crippen molar-refractivity contribution in [1.29, 1.82) is 0 Å². The number of aliphatic hydroxyl groups excluding tert-OH is 1. The van der Waals surface area contributed by atoms with Crippen LogP contribution in [0.1, 0.15) is 43.5 Å². The van der Waals surface area contributed by atoms with Crippen LogP contribution in [-0.2, 0) is 9.53 Å². The fourth-order valence-corrected chi connectivity index (χ4v) is 4.68. The third-order valence-electron chi connectivity index (χ3n) is 6.30. The fourth-order valence-electron chi connectivity index (χ4n) is 4.68. The van der Waals surface area contributed by atoms with E-state index < -0.39 is 17.2 Å². The smallest absolute Gasteiger partial charge is 0.254 e. The van der Waals surface area contributed by atoms with Crippen molar-refractivity contribution in [3.05, 3.63) is 36.2 Å². The minimum Gasteiger partial charge on any atom is -0.388 e. The van der Waals surface area contributed by atoms with E-state index in [0.29, 0.717) is 55.9 Å². The Kier molecular flexibility index (Phi) is 5.33. The van der Waals surface area contributed by atoms with Crippen LogP contribution in [0, 0.1) is 0 Å². The Morgan fingerprint density at radius 2 is 2.00 bits per heavy atom. The Hall–Kier alpha value is -2.78. The van der Waals surface area contributed by atoms with Crippen molar-refractivity contribution in [3.8, 4) is 11.4 Å². The number of aliphatic hydroxyl groups is 1. The van der Waals surface area contributed by atoms with Gasteiger partial charge in [-0.3, -0.25) is 14.7 Å². The molecule has 2 aliphatic heterocycles. The summed E-state index contributed by atoms with van der Waals surface area (Å²) in [5.41, 5.74) is -0.253. The Balaban J connectivity index is 1.50. The first-order valence-electron chi connectivity index (χ1n) is 10.2. The van der Waals surface area contributed by atoms with Crippen LogP contribution in [-0.4, -0.2) is 73.9 Å². The quantitative estimate of drug-likeness (QED) is 0.694. The topological polar surface area (TPSA) is 120 Å². The van der Waals surface area contributed by atoms with Gasteiger partial charge in [0.2, 0.25) is 5.91 Å². The van der Waals surface area contributed by atoms with Gasteiger partial charge < -0.3 is 20.1 Å². The van der Waals surface area contributed by atoms with Crippen LogP contribution >= 0.6 is 0 Å². The van der Waals surface area contributed by atoms with E-state index in [1.54, 1.807) is 11.0 Å². The first-order valence-corrected chi connectivity index (χ1v) is 10.2. The van der Waals surface area contributed by atoms with Crippen LogP contribution in [0.15, 0.2) is 30.6 Å². The average Bonchev–Trinajstić information content (AvgIpc) is 3.26. The highest BCUT2D eigenvalue weighted by Crippen LogP contribution is 2.40. The van der Waals surface area contributed by atoms with E-state index >= 15 is 0 Å². The Morgan fingerprint density at radius 3 is 2.67 bits per heavy atom. The lowest BCUT2D eigenvalue weighted by molar-refractivity contribution is -0.205. The maximum Gasteiger partial charge on any atom is 0.254 e. The van der Waals surface area contributed by atoms with E-state index in [1.165, 1.54) is 13.3 Å². The minimum absolute atomic E-state index is 0.0910. The number of hydrogen-bond acceptors (Lipinski definition) is 6. The molecule has 0 saturated carbocycles. The molecule has 2 saturated heterocycles. The molecule has 2 amide bonds. The number of piperidine rings is 1. The van der Waals surface area contributed by atoms with Gasteiger partial charge in [0.25, 0.3) is 5.91 Å². The van der Waals surface area contributed by atoms with Crippen LogP contribution in [0.5, 0.6) is 0 Å². The van der Waals surface area contributed by atoms with E-state index in [9.17, 15) is 14.7 Å². The molecule has 0 bridgehead atoms. The van der Waals surface area contributed by atoms with Crippen molar-refractivity contribution in [3.63, 3.8) is 0 Å². The SMILES string of the molecule is CC(=O)N[C@]1(C)CCOC2(CCN(C(=O)c3ccccc3-c3ncn[nH]3)CC2)[C@H]1O. The highest BCUT2D eigenvalue weighted by molar-refractivity contribution is 6.00. The van der Waals surface area contributed by atoms with Gasteiger partial charge in [-0.1, -0.05) is 18.2 Å². The Morgan fingerprint density at radius 1 is 1.27 bits per heavy atom. The van der Waals surface area contributed by atoms with E-state index in [2.05, 4.69) is 20.5 Å². The molecule has 1 aromatic heterocycles. The summed E-state index contributed by atoms with van der Waals surface area (Å²) in [6.45, 7) is 4.67. The number of carbonyl (C=O) groups is 2. The second kappa shape index (κ2) is 7.81. The molecule has 160 valence electrons. The zero-order valence-electron chi connectivity index (χ0n) is 17.2. The summed E-state index contributed by atoms with van der Waals surface area (Å²) in [4.78, 5) is 30.8. The lowest BCUT2D eigenvalue weighted by Gasteiger charge is -2.53. The molecule has 4 rings (SSSR count). The number of carbonyl (C=O) groups excluding carboxylic acids is 2. The van der Waals surface area contributed by atoms with Crippen LogP contribution in [0.2, 0.25) is 0 Å². The number of aromatic amines is 1. The molecule has 2 aliphatic rings. The number of rotatable bonds is 3. The molecule has 1 aromatic carbocycles. The molecule has 30 heavy (non-hydrogen) atoms. The Bertz CT molecular complexity index is 923. The molecule has 3 N–H and O–H groups in total. The van der Waals surface area contributed by atoms with Crippen molar-refractivity contribution >= 4 is 11.8 Å². The second-order valence-electron chi connectivity index (χ2n) is 8.34. The van der Waals surface area contributed by atoms with Crippen LogP contribution < -0.4 is 5.32 Å². The van der Waals surface area contributed by atoms with Crippen LogP contribution in [0.4, 0.5) is 0 Å². The summed E-state index contributed by atoms with van der Waals surface area (Å²) in [6.07, 6.45) is 2.11. The van der Waals surface area contributed by atoms with Crippen molar-refractivity contribution in [2.45, 2.75) is 50.4 Å². The van der Waals surface area contributed by atoms with Crippen LogP contribution in [0.25, 0.3) is 11.4 Å². The van der Waals surface area contributed by atoms with Crippen molar-refractivity contribution in [2.75, 3.05) is 19.7 Å². The number of nitrogens with one attached hydrogen (secondary N) is 2. The van der Waals surface area contributed by atoms with Crippen LogP contribution in [0.3, 0.4) is 0 Å². The molecule has 3 heterocycles. The van der Waals surface area contributed by atoms with E-state index in [-0.39, 0.29) is 11.8 Å². The molecule has 2 fully saturated rings. The van der Waals surface area contributed by atoms with Crippen molar-refractivity contribution < 1.29 is 19.4 Å². The van der Waals surface area contributed by atoms with Gasteiger partial charge in [0.05, 0.1) is 16.7 Å². The molecule has 9 heteroatoms. The summed E-state index contributed by atoms with van der Waals surface area (Å²) < 4.78 is 6.05. The predicted molar refractivity (Wildman–Crippen MR) is 108 cm³/mol. The van der Waals surface area contributed by atoms with Gasteiger partial charge in [-0.05, 0) is 32.3 Å². The summed E-state index contributed by atoms with van der Waals surface area (Å²) in [5, 5.41) is 20.7. The zero-order chi connectivity index (χ0) is 21.4. The molecular formula is C21H27N5O4. The molecular weight excluding hydrogens is 386 g/mol. The number of H-pyrrole nitrogens is 1. The zero-order valence-corrected chi connectivity index (χ0v) is 17.2. The number of ether oxygens (including phenoxy) is 1. The molecule has 0 aliphatic carbocycles. The summed E-state index contributed by atoms with van der Waals surface area (Å²) in [6, 6.07) is 7.30. The first kappa shape index (κ1) is 20.5. The minimum atomic E-state index is -0.846. The summed E-state index contributed by atoms with van der Waals surface area (Å²) in [5.74, 6) is 0.279. The summed E-state index contributed by atoms with van der Waals surface area (Å²) in [7, 11) is 0. The Labute approximate surface area is 174 Å². The van der Waals surface area contributed by atoms with Gasteiger partial charge in [0, 0.05) is 32.2 Å². The van der Waals surface area contributed by atoms with Crippen molar-refractivity contribution in [1.82, 2.24) is 25.4 Å². The number of hydrogen-bond donors (Lipinski definition) is 3. The molecule has 0 radical (unpaired) electrons. The maximum atomic E-state index is 13.2. The van der Waals surface area contributed by atoms with Gasteiger partial charge in [-0.25, -0.2) is 4.98 Å². The normalized spacial score (nSPS) is 25.8. The van der Waals surface area contributed by atoms with Crippen molar-refractivity contribution in [2.24, 2.45) is 0 Å². The number of nitrogens with zero attached hydrogens (tertiary/aromatic N) is 3. The third-order valence-corrected chi connectivity index (χ3v) is 6.30. The predicted octanol–water partition coefficient (Wildman–Crippen LogP) is 1.12. The molecule has 2 aromatic rings. The monoisotopic (exact) mass is 413 g/mol. The molecule has 0 unspecified atom stereocenters. The first-order chi connectivity index (χ1) is 14.3.